The van der Waals surface area contributed by atoms with Crippen LogP contribution in [0.4, 0.5) is 0 Å². The van der Waals surface area contributed by atoms with Gasteiger partial charge in [0.2, 0.25) is 11.1 Å². The van der Waals surface area contributed by atoms with Crippen molar-refractivity contribution >= 4 is 51.3 Å². The fraction of sp³-hybridized carbons (Fsp3) is 0.360. The molecule has 0 bridgehead atoms. The highest BCUT2D eigenvalue weighted by Gasteiger charge is 2.22. The number of aromatic nitrogens is 4. The van der Waals surface area contributed by atoms with Gasteiger partial charge in [-0.15, -0.1) is 10.2 Å². The topological polar surface area (TPSA) is 72.7 Å². The van der Waals surface area contributed by atoms with E-state index in [4.69, 9.17) is 16.6 Å². The Hall–Kier alpha value is -2.64. The molecule has 0 aliphatic heterocycles. The Balaban J connectivity index is 1.34. The summed E-state index contributed by atoms with van der Waals surface area (Å²) >= 11 is 7.81. The van der Waals surface area contributed by atoms with E-state index in [1.807, 2.05) is 18.2 Å². The quantitative estimate of drug-likeness (QED) is 0.252. The zero-order valence-corrected chi connectivity index (χ0v) is 20.1. The van der Waals surface area contributed by atoms with Crippen molar-refractivity contribution in [3.8, 4) is 0 Å². The van der Waals surface area contributed by atoms with Crippen molar-refractivity contribution in [2.24, 2.45) is 0 Å². The van der Waals surface area contributed by atoms with Crippen molar-refractivity contribution < 1.29 is 4.79 Å². The first kappa shape index (κ1) is 22.2. The van der Waals surface area contributed by atoms with Crippen molar-refractivity contribution in [3.05, 3.63) is 58.6 Å². The van der Waals surface area contributed by atoms with Crippen LogP contribution in [0.2, 0.25) is 5.02 Å². The Morgan fingerprint density at radius 3 is 2.88 bits per heavy atom. The molecule has 1 amide bonds. The van der Waals surface area contributed by atoms with Gasteiger partial charge < -0.3 is 9.88 Å². The van der Waals surface area contributed by atoms with Crippen LogP contribution in [0.15, 0.2) is 47.6 Å². The molecule has 170 valence electrons. The highest BCUT2D eigenvalue weighted by atomic mass is 35.5. The van der Waals surface area contributed by atoms with E-state index < -0.39 is 0 Å². The summed E-state index contributed by atoms with van der Waals surface area (Å²) in [5, 5.41) is 14.4. The van der Waals surface area contributed by atoms with Gasteiger partial charge in [-0.25, -0.2) is 4.98 Å². The molecule has 2 aromatic carbocycles. The van der Waals surface area contributed by atoms with E-state index >= 15 is 0 Å². The van der Waals surface area contributed by atoms with Crippen LogP contribution in [0.1, 0.15) is 43.2 Å². The highest BCUT2D eigenvalue weighted by Crippen LogP contribution is 2.29. The van der Waals surface area contributed by atoms with Gasteiger partial charge in [0.05, 0.1) is 5.52 Å². The fourth-order valence-electron chi connectivity index (χ4n) is 3.97. The molecular formula is C25H26ClN5OS. The Morgan fingerprint density at radius 2 is 2.06 bits per heavy atom. The lowest BCUT2D eigenvalue weighted by molar-refractivity contribution is -0.121. The molecule has 2 heterocycles. The predicted molar refractivity (Wildman–Crippen MR) is 134 cm³/mol. The van der Waals surface area contributed by atoms with Gasteiger partial charge in [-0.3, -0.25) is 4.79 Å². The maximum atomic E-state index is 11.8. The number of amides is 1. The molecule has 33 heavy (non-hydrogen) atoms. The second-order valence-electron chi connectivity index (χ2n) is 8.65. The zero-order valence-electron chi connectivity index (χ0n) is 18.6. The third-order valence-corrected chi connectivity index (χ3v) is 6.96. The molecule has 1 saturated carbocycles. The molecule has 1 aliphatic rings. The van der Waals surface area contributed by atoms with E-state index in [1.54, 1.807) is 11.8 Å². The van der Waals surface area contributed by atoms with Crippen molar-refractivity contribution in [1.82, 2.24) is 25.1 Å². The third kappa shape index (κ3) is 5.31. The number of thioether (sulfide) groups is 1. The van der Waals surface area contributed by atoms with Crippen LogP contribution in [-0.2, 0) is 11.3 Å². The third-order valence-electron chi connectivity index (χ3n) is 5.80. The highest BCUT2D eigenvalue weighted by molar-refractivity contribution is 7.99. The average molecular weight is 480 g/mol. The number of rotatable bonds is 9. The van der Waals surface area contributed by atoms with Gasteiger partial charge >= 0.3 is 0 Å². The number of aryl methyl sites for hydroxylation is 1. The van der Waals surface area contributed by atoms with Crippen LogP contribution in [0.3, 0.4) is 0 Å². The molecule has 0 radical (unpaired) electrons. The predicted octanol–water partition coefficient (Wildman–Crippen LogP) is 5.53. The van der Waals surface area contributed by atoms with Crippen LogP contribution in [0, 0.1) is 6.92 Å². The summed E-state index contributed by atoms with van der Waals surface area (Å²) in [5.41, 5.74) is 5.02. The zero-order chi connectivity index (χ0) is 22.8. The Bertz CT molecular complexity index is 1320. The molecule has 2 aromatic heterocycles. The molecule has 1 fully saturated rings. The first-order valence-corrected chi connectivity index (χ1v) is 12.7. The summed E-state index contributed by atoms with van der Waals surface area (Å²) < 4.78 is 2.19. The molecule has 0 unspecified atom stereocenters. The Labute approximate surface area is 202 Å². The van der Waals surface area contributed by atoms with Crippen LogP contribution >= 0.6 is 23.4 Å². The van der Waals surface area contributed by atoms with Crippen molar-refractivity contribution in [2.75, 3.05) is 5.75 Å². The summed E-state index contributed by atoms with van der Waals surface area (Å²) in [6, 6.07) is 14.7. The molecule has 0 spiro atoms. The largest absolute Gasteiger partial charge is 0.353 e. The number of nitrogens with one attached hydrogen (secondary N) is 1. The Kier molecular flexibility index (Phi) is 6.51. The number of halogens is 1. The maximum absolute atomic E-state index is 11.8. The molecule has 0 atom stereocenters. The number of hydrogen-bond acceptors (Lipinski definition) is 5. The number of unbranched alkanes of at least 4 members (excludes halogenated alkanes) is 1. The minimum absolute atomic E-state index is 0.169. The fourth-order valence-corrected chi connectivity index (χ4v) is 4.97. The number of carbonyl (C=O) groups excluding carboxylic acids is 1. The second kappa shape index (κ2) is 9.69. The number of benzene rings is 2. The summed E-state index contributed by atoms with van der Waals surface area (Å²) in [5.74, 6) is 1.03. The average Bonchev–Trinajstić information content (AvgIpc) is 3.56. The molecule has 1 N–H and O–H groups in total. The van der Waals surface area contributed by atoms with E-state index in [-0.39, 0.29) is 5.91 Å². The van der Waals surface area contributed by atoms with Crippen LogP contribution in [-0.4, -0.2) is 37.5 Å². The first-order chi connectivity index (χ1) is 16.1. The minimum Gasteiger partial charge on any atom is -0.353 e. The van der Waals surface area contributed by atoms with Crippen LogP contribution in [0.25, 0.3) is 22.1 Å². The first-order valence-electron chi connectivity index (χ1n) is 11.4. The van der Waals surface area contributed by atoms with Gasteiger partial charge in [0, 0.05) is 35.2 Å². The van der Waals surface area contributed by atoms with Crippen molar-refractivity contribution in [2.45, 2.75) is 56.8 Å². The number of carbonyl (C=O) groups is 1. The number of fused-ring (bicyclic) bond motifs is 3. The Morgan fingerprint density at radius 1 is 1.18 bits per heavy atom. The number of hydrogen-bond donors (Lipinski definition) is 1. The van der Waals surface area contributed by atoms with E-state index in [0.29, 0.717) is 24.2 Å². The summed E-state index contributed by atoms with van der Waals surface area (Å²) in [4.78, 5) is 16.7. The molecule has 5 rings (SSSR count). The molecule has 4 aromatic rings. The van der Waals surface area contributed by atoms with Gasteiger partial charge in [-0.2, -0.15) is 0 Å². The molecule has 6 nitrogen and oxygen atoms in total. The van der Waals surface area contributed by atoms with E-state index in [1.165, 1.54) is 5.56 Å². The molecule has 1 aliphatic carbocycles. The van der Waals surface area contributed by atoms with Crippen LogP contribution < -0.4 is 5.32 Å². The summed E-state index contributed by atoms with van der Waals surface area (Å²) in [6.07, 6.45) is 4.65. The smallest absolute Gasteiger partial charge is 0.220 e. The lowest BCUT2D eigenvalue weighted by Crippen LogP contribution is -2.24. The van der Waals surface area contributed by atoms with Crippen LogP contribution in [0.5, 0.6) is 0 Å². The second-order valence-corrected chi connectivity index (χ2v) is 10.1. The van der Waals surface area contributed by atoms with E-state index in [9.17, 15) is 4.79 Å². The monoisotopic (exact) mass is 479 g/mol. The minimum atomic E-state index is 0.169. The summed E-state index contributed by atoms with van der Waals surface area (Å²) in [6.45, 7) is 2.73. The van der Waals surface area contributed by atoms with E-state index in [2.05, 4.69) is 51.3 Å². The summed E-state index contributed by atoms with van der Waals surface area (Å²) in [7, 11) is 0. The normalized spacial score (nSPS) is 13.6. The SMILES string of the molecule is Cc1ccc2c(c1)c1nnc(SCCCCC(=O)NC3CC3)nc1n2Cc1cccc(Cl)c1. The van der Waals surface area contributed by atoms with Crippen molar-refractivity contribution in [3.63, 3.8) is 0 Å². The maximum Gasteiger partial charge on any atom is 0.220 e. The molecule has 0 saturated heterocycles. The van der Waals surface area contributed by atoms with Gasteiger partial charge in [-0.05, 0) is 62.4 Å². The van der Waals surface area contributed by atoms with Gasteiger partial charge in [0.15, 0.2) is 5.65 Å². The van der Waals surface area contributed by atoms with Gasteiger partial charge in [-0.1, -0.05) is 47.1 Å². The number of nitrogens with zero attached hydrogens (tertiary/aromatic N) is 4. The van der Waals surface area contributed by atoms with E-state index in [0.717, 1.165) is 64.1 Å². The molecule has 8 heteroatoms. The molecular weight excluding hydrogens is 454 g/mol. The lowest BCUT2D eigenvalue weighted by atomic mass is 10.1. The van der Waals surface area contributed by atoms with Gasteiger partial charge in [0.25, 0.3) is 0 Å². The lowest BCUT2D eigenvalue weighted by Gasteiger charge is -2.08. The van der Waals surface area contributed by atoms with Crippen molar-refractivity contribution in [1.29, 1.82) is 0 Å². The standard InChI is InChI=1S/C25H26ClN5OS/c1-16-8-11-21-20(13-16)23-24(31(21)15-17-5-4-6-18(26)14-17)28-25(30-29-23)33-12-3-2-7-22(32)27-19-9-10-19/h4-6,8,11,13-14,19H,2-3,7,9-10,12,15H2,1H3,(H,27,32). The van der Waals surface area contributed by atoms with Gasteiger partial charge in [0.1, 0.15) is 5.52 Å².